The molecule has 0 saturated carbocycles. The van der Waals surface area contributed by atoms with Gasteiger partial charge in [0.2, 0.25) is 30.1 Å². The molecule has 0 unspecified atom stereocenters. The van der Waals surface area contributed by atoms with Crippen LogP contribution < -0.4 is 37.9 Å². The average Bonchev–Trinajstić information content (AvgIpc) is 1.59. The number of nitrogen functional groups attached to an aromatic ring is 1. The number of aromatic nitrogens is 6. The zero-order chi connectivity index (χ0) is 73.4. The van der Waals surface area contributed by atoms with E-state index in [1.807, 2.05) is 12.1 Å². The fourth-order valence-corrected chi connectivity index (χ4v) is 13.7. The highest BCUT2D eigenvalue weighted by Gasteiger charge is 2.30. The van der Waals surface area contributed by atoms with E-state index in [-0.39, 0.29) is 49.1 Å². The Hall–Kier alpha value is -11.6. The number of halogens is 3. The van der Waals surface area contributed by atoms with E-state index in [4.69, 9.17) is 67.4 Å². The first kappa shape index (κ1) is 71.7. The molecule has 0 atom stereocenters. The lowest BCUT2D eigenvalue weighted by atomic mass is 9.88. The number of hydrogen-bond donors (Lipinski definition) is 7. The third-order valence-electron chi connectivity index (χ3n) is 16.0. The van der Waals surface area contributed by atoms with Crippen LogP contribution in [0.1, 0.15) is 70.2 Å². The Labute approximate surface area is 594 Å². The Balaban J connectivity index is 0.000000145. The molecule has 3 aromatic heterocycles. The predicted octanol–water partition coefficient (Wildman–Crippen LogP) is 10.5. The maximum atomic E-state index is 12.8. The number of amides is 3. The number of ketones is 1. The second-order valence-corrected chi connectivity index (χ2v) is 28.5. The minimum Gasteiger partial charge on any atom is -0.399 e. The fraction of sp³-hybridized carbons (Fsp3) is 0.0435. The zero-order valence-corrected chi connectivity index (χ0v) is 57.4. The molecule has 27 nitrogen and oxygen atoms in total. The Morgan fingerprint density at radius 2 is 0.961 bits per heavy atom. The molecule has 3 amide bonds. The van der Waals surface area contributed by atoms with Crippen LogP contribution >= 0.6 is 34.8 Å². The molecule has 1 aliphatic carbocycles. The van der Waals surface area contributed by atoms with Crippen molar-refractivity contribution in [2.45, 2.75) is 34.5 Å². The van der Waals surface area contributed by atoms with Crippen LogP contribution in [-0.4, -0.2) is 88.3 Å². The molecule has 102 heavy (non-hydrogen) atoms. The number of benzene rings is 10. The lowest BCUT2D eigenvalue weighted by molar-refractivity contribution is -0.384. The van der Waals surface area contributed by atoms with E-state index >= 15 is 0 Å². The van der Waals surface area contributed by atoms with Gasteiger partial charge in [-0.2, -0.15) is 15.3 Å². The Morgan fingerprint density at radius 3 is 1.41 bits per heavy atom. The van der Waals surface area contributed by atoms with Crippen LogP contribution in [0.2, 0.25) is 10.0 Å². The number of rotatable bonds is 13. The summed E-state index contributed by atoms with van der Waals surface area (Å²) in [6.45, 7) is 1.40. The number of primary sulfonamides is 3. The van der Waals surface area contributed by atoms with Gasteiger partial charge in [-0.1, -0.05) is 96.0 Å². The number of nitrogens with one attached hydrogen (secondary N) is 1. The van der Waals surface area contributed by atoms with Crippen molar-refractivity contribution in [2.24, 2.45) is 26.9 Å². The molecule has 0 aliphatic heterocycles. The molecule has 1 aliphatic rings. The topological polar surface area (TPSA) is 453 Å². The van der Waals surface area contributed by atoms with Gasteiger partial charge in [0.05, 0.1) is 74.6 Å². The number of carbonyl (C=O) groups excluding carboxylic acids is 5. The minimum absolute atomic E-state index is 0.0124. The number of Topliss-reactive ketones (excluding diaryl/α,β-unsaturated/α-hetero) is 1. The van der Waals surface area contributed by atoms with Crippen LogP contribution in [0.5, 0.6) is 0 Å². The van der Waals surface area contributed by atoms with Gasteiger partial charge in [-0.05, 0) is 156 Å². The van der Waals surface area contributed by atoms with E-state index in [0.29, 0.717) is 106 Å². The number of nitro benzene ring substituents is 1. The van der Waals surface area contributed by atoms with E-state index in [9.17, 15) is 59.3 Å². The first-order chi connectivity index (χ1) is 48.3. The van der Waals surface area contributed by atoms with Crippen LogP contribution in [0.3, 0.4) is 0 Å². The quantitative estimate of drug-likeness (QED) is 0.0185. The molecule has 14 rings (SSSR count). The molecule has 3 heterocycles. The van der Waals surface area contributed by atoms with Gasteiger partial charge in [0.25, 0.3) is 28.7 Å². The molecule has 0 fully saturated rings. The summed E-state index contributed by atoms with van der Waals surface area (Å²) >= 11 is 17.0. The molecule has 0 bridgehead atoms. The molecule has 33 heteroatoms. The standard InChI is InChI=1S/C25H18ClN5O4S.C19H16N4O5S.C18H15N5O3S.C7H4Cl2O/c26-21-7-2-1-6-18(21)25(33)29-15-10-8-14-9-11-19-22(24(27)32)30-31(23(19)20(14)12-15)16-4-3-5-17(13-16)36(28,34)35;1-11(24)18-16-8-6-12-5-7-14(23(25)26)10-17(12)19(16)22(21-18)13-3-2-4-15(9-13)29(20,27)28;19-11-6-4-10-5-7-14-16(18(20)24)22-23(17(14)15(10)8-11)12-2-1-3-13(9-12)27(21,25)26;8-6-4-2-1-3-5(6)7(9)10/h1-13H,(H2,27,32)(H,29,33)(H2,28,34,35);2-5,7,9-10H,6,8H2,1H3,(H2,20,27,28);1-9H,19H2,(H2,20,24)(H2,21,25,26);1-4H. The molecule has 0 radical (unpaired) electrons. The maximum Gasteiger partial charge on any atom is 0.270 e. The highest BCUT2D eigenvalue weighted by molar-refractivity contribution is 7.89. The molecular formula is C69H53Cl3N14O13S3. The number of anilines is 2. The number of carbonyl (C=O) groups is 5. The number of primary amides is 2. The predicted molar refractivity (Wildman–Crippen MR) is 387 cm³/mol. The largest absolute Gasteiger partial charge is 0.399 e. The van der Waals surface area contributed by atoms with Crippen molar-refractivity contribution in [1.29, 1.82) is 0 Å². The number of hydrogen-bond acceptors (Lipinski definition) is 17. The van der Waals surface area contributed by atoms with Gasteiger partial charge >= 0.3 is 0 Å². The van der Waals surface area contributed by atoms with Crippen molar-refractivity contribution >= 4 is 154 Å². The first-order valence-electron chi connectivity index (χ1n) is 29.8. The fourth-order valence-electron chi connectivity index (χ4n) is 11.3. The van der Waals surface area contributed by atoms with Crippen molar-refractivity contribution in [1.82, 2.24) is 29.3 Å². The summed E-state index contributed by atoms with van der Waals surface area (Å²) in [6.07, 6.45) is 1.16. The Kier molecular flexibility index (Phi) is 20.1. The second kappa shape index (κ2) is 28.6. The van der Waals surface area contributed by atoms with Gasteiger partial charge in [-0.3, -0.25) is 34.1 Å². The number of non-ortho nitro benzene ring substituents is 1. The van der Waals surface area contributed by atoms with Gasteiger partial charge in [0.15, 0.2) is 17.2 Å². The van der Waals surface area contributed by atoms with E-state index in [0.717, 1.165) is 21.7 Å². The van der Waals surface area contributed by atoms with Gasteiger partial charge < -0.3 is 22.5 Å². The molecular weight excluding hydrogens is 1440 g/mol. The van der Waals surface area contributed by atoms with Crippen LogP contribution in [0.25, 0.3) is 71.7 Å². The van der Waals surface area contributed by atoms with Crippen molar-refractivity contribution in [2.75, 3.05) is 11.1 Å². The molecule has 13 aromatic rings. The lowest BCUT2D eigenvalue weighted by Crippen LogP contribution is -2.13. The minimum atomic E-state index is -3.98. The van der Waals surface area contributed by atoms with Crippen LogP contribution in [0.15, 0.2) is 215 Å². The molecule has 10 aromatic carbocycles. The summed E-state index contributed by atoms with van der Waals surface area (Å²) < 4.78 is 75.1. The molecule has 0 saturated heterocycles. The maximum absolute atomic E-state index is 12.8. The summed E-state index contributed by atoms with van der Waals surface area (Å²) in [4.78, 5) is 70.1. The number of fused-ring (bicyclic) bond motifs is 9. The van der Waals surface area contributed by atoms with E-state index in [1.54, 1.807) is 127 Å². The Morgan fingerprint density at radius 1 is 0.510 bits per heavy atom. The Bertz CT molecular complexity index is 6070. The smallest absolute Gasteiger partial charge is 0.270 e. The summed E-state index contributed by atoms with van der Waals surface area (Å²) in [5.41, 5.74) is 24.0. The van der Waals surface area contributed by atoms with E-state index < -0.39 is 52.0 Å². The first-order valence-corrected chi connectivity index (χ1v) is 35.6. The number of sulfonamides is 3. The van der Waals surface area contributed by atoms with Crippen molar-refractivity contribution < 1.29 is 54.1 Å². The normalized spacial score (nSPS) is 11.8. The van der Waals surface area contributed by atoms with Crippen molar-refractivity contribution in [3.05, 3.63) is 260 Å². The summed E-state index contributed by atoms with van der Waals surface area (Å²) in [5.74, 6) is -2.07. The summed E-state index contributed by atoms with van der Waals surface area (Å²) in [6, 6.07) is 53.4. The van der Waals surface area contributed by atoms with Gasteiger partial charge in [-0.15, -0.1) is 0 Å². The highest BCUT2D eigenvalue weighted by atomic mass is 35.5. The number of aryl methyl sites for hydroxylation is 1. The van der Waals surface area contributed by atoms with Crippen LogP contribution in [0.4, 0.5) is 17.1 Å². The summed E-state index contributed by atoms with van der Waals surface area (Å²) in [5, 5.41) is 47.3. The zero-order valence-electron chi connectivity index (χ0n) is 52.7. The number of nitro groups is 1. The molecule has 0 spiro atoms. The second-order valence-electron chi connectivity index (χ2n) is 22.6. The third-order valence-corrected chi connectivity index (χ3v) is 19.6. The van der Waals surface area contributed by atoms with Crippen molar-refractivity contribution in [3.8, 4) is 28.3 Å². The monoisotopic (exact) mass is 1490 g/mol. The van der Waals surface area contributed by atoms with Gasteiger partial charge in [-0.25, -0.2) is 54.7 Å². The van der Waals surface area contributed by atoms with E-state index in [1.165, 1.54) is 81.6 Å². The van der Waals surface area contributed by atoms with Crippen LogP contribution in [0, 0.1) is 10.1 Å². The van der Waals surface area contributed by atoms with E-state index in [2.05, 4.69) is 20.6 Å². The van der Waals surface area contributed by atoms with Gasteiger partial charge in [0, 0.05) is 63.1 Å². The SMILES string of the molecule is CC(=O)c1nn(-c2cccc(S(N)(=O)=O)c2)c2c1CCc1ccc([N+](=O)[O-])cc1-2.NC(=O)c1nn(-c2cccc(S(N)(=O)=O)c2)c2c1ccc1ccc(N)cc12.NC(=O)c1nn(-c2cccc(S(N)(=O)=O)c2)c2c1ccc1ccc(NC(=O)c3ccccc3Cl)cc12.O=C(Cl)c1ccccc1Cl. The number of nitrogens with zero attached hydrogens (tertiary/aromatic N) is 7. The van der Waals surface area contributed by atoms with Crippen LogP contribution in [-0.2, 0) is 42.9 Å². The lowest BCUT2D eigenvalue weighted by Gasteiger charge is -2.18. The van der Waals surface area contributed by atoms with Gasteiger partial charge in [0.1, 0.15) is 5.69 Å². The number of nitrogens with two attached hydrogens (primary N) is 6. The molecule has 516 valence electrons. The third kappa shape index (κ3) is 15.0. The average molecular weight is 1490 g/mol. The highest BCUT2D eigenvalue weighted by Crippen LogP contribution is 2.40. The van der Waals surface area contributed by atoms with Crippen molar-refractivity contribution in [3.63, 3.8) is 0 Å². The molecule has 13 N–H and O–H groups in total. The summed E-state index contributed by atoms with van der Waals surface area (Å²) in [7, 11) is -11.8.